The average molecular weight is 257 g/mol. The number of nitrogens with one attached hydrogen (secondary N) is 1. The van der Waals surface area contributed by atoms with E-state index in [-0.39, 0.29) is 5.91 Å². The molecule has 1 heterocycles. The van der Waals surface area contributed by atoms with Gasteiger partial charge in [-0.15, -0.1) is 0 Å². The third-order valence-electron chi connectivity index (χ3n) is 2.88. The first-order valence-corrected chi connectivity index (χ1v) is 5.79. The molecule has 1 N–H and O–H groups in total. The number of hydrogen-bond donors (Lipinski definition) is 1. The van der Waals surface area contributed by atoms with Crippen LogP contribution in [0.3, 0.4) is 0 Å². The Morgan fingerprint density at radius 3 is 2.76 bits per heavy atom. The molecule has 1 rings (SSSR count). The van der Waals surface area contributed by atoms with Crippen LogP contribution in [0.25, 0.3) is 0 Å². The third kappa shape index (κ3) is 3.17. The number of amides is 1. The van der Waals surface area contributed by atoms with E-state index in [1.807, 2.05) is 13.8 Å². The molecule has 0 aliphatic carbocycles. The van der Waals surface area contributed by atoms with Crippen LogP contribution in [0.5, 0.6) is 0 Å². The van der Waals surface area contributed by atoms with Crippen LogP contribution in [0.2, 0.25) is 5.15 Å². The molecule has 1 amide bonds. The van der Waals surface area contributed by atoms with Gasteiger partial charge in [-0.1, -0.05) is 18.5 Å². The Hall–Kier alpha value is -1.13. The van der Waals surface area contributed by atoms with Crippen molar-refractivity contribution in [3.8, 4) is 0 Å². The highest BCUT2D eigenvalue weighted by molar-refractivity contribution is 6.30. The molecule has 0 aliphatic heterocycles. The summed E-state index contributed by atoms with van der Waals surface area (Å²) in [6, 6.07) is 1.78. The van der Waals surface area contributed by atoms with E-state index in [1.54, 1.807) is 13.0 Å². The van der Waals surface area contributed by atoms with Crippen LogP contribution in [-0.2, 0) is 9.53 Å². The molecule has 0 aromatic carbocycles. The Morgan fingerprint density at radius 1 is 1.65 bits per heavy atom. The topological polar surface area (TPSA) is 51.2 Å². The predicted molar refractivity (Wildman–Crippen MR) is 68.3 cm³/mol. The van der Waals surface area contributed by atoms with Gasteiger partial charge >= 0.3 is 0 Å². The van der Waals surface area contributed by atoms with Crippen LogP contribution in [-0.4, -0.2) is 23.6 Å². The first-order chi connectivity index (χ1) is 7.92. The maximum Gasteiger partial charge on any atom is 0.256 e. The van der Waals surface area contributed by atoms with Crippen LogP contribution >= 0.6 is 11.6 Å². The lowest BCUT2D eigenvalue weighted by Crippen LogP contribution is -2.41. The number of aryl methyl sites for hydroxylation is 1. The number of methoxy groups -OCH3 is 1. The maximum atomic E-state index is 12.0. The minimum atomic E-state index is -0.826. The van der Waals surface area contributed by atoms with E-state index in [2.05, 4.69) is 10.3 Å². The number of halogens is 1. The van der Waals surface area contributed by atoms with Crippen molar-refractivity contribution in [3.05, 3.63) is 23.0 Å². The van der Waals surface area contributed by atoms with E-state index in [9.17, 15) is 4.79 Å². The second kappa shape index (κ2) is 5.47. The quantitative estimate of drug-likeness (QED) is 0.843. The van der Waals surface area contributed by atoms with Gasteiger partial charge in [-0.3, -0.25) is 4.79 Å². The van der Waals surface area contributed by atoms with E-state index in [4.69, 9.17) is 16.3 Å². The molecule has 4 nitrogen and oxygen atoms in total. The molecule has 1 aromatic rings. The molecule has 0 saturated carbocycles. The van der Waals surface area contributed by atoms with E-state index in [0.29, 0.717) is 17.3 Å². The zero-order chi connectivity index (χ0) is 13.1. The van der Waals surface area contributed by atoms with Crippen LogP contribution < -0.4 is 5.32 Å². The van der Waals surface area contributed by atoms with Crippen molar-refractivity contribution in [2.24, 2.45) is 0 Å². The summed E-state index contributed by atoms with van der Waals surface area (Å²) in [7, 11) is 1.52. The van der Waals surface area contributed by atoms with E-state index in [1.165, 1.54) is 13.3 Å². The largest absolute Gasteiger partial charge is 0.369 e. The average Bonchev–Trinajstić information content (AvgIpc) is 2.32. The van der Waals surface area contributed by atoms with Crippen molar-refractivity contribution in [2.75, 3.05) is 12.4 Å². The molecule has 94 valence electrons. The monoisotopic (exact) mass is 256 g/mol. The Bertz CT molecular complexity index is 417. The van der Waals surface area contributed by atoms with E-state index >= 15 is 0 Å². The Labute approximate surface area is 106 Å². The SMILES string of the molecule is CCC(C)(OC)C(=O)Nc1cnc(Cl)c(C)c1. The van der Waals surface area contributed by atoms with E-state index < -0.39 is 5.60 Å². The summed E-state index contributed by atoms with van der Waals surface area (Å²) < 4.78 is 5.22. The molecule has 0 spiro atoms. The lowest BCUT2D eigenvalue weighted by Gasteiger charge is -2.25. The first kappa shape index (κ1) is 13.9. The smallest absolute Gasteiger partial charge is 0.256 e. The lowest BCUT2D eigenvalue weighted by atomic mass is 10.0. The highest BCUT2D eigenvalue weighted by Crippen LogP contribution is 2.20. The lowest BCUT2D eigenvalue weighted by molar-refractivity contribution is -0.136. The zero-order valence-electron chi connectivity index (χ0n) is 10.5. The predicted octanol–water partition coefficient (Wildman–Crippen LogP) is 2.80. The van der Waals surface area contributed by atoms with Gasteiger partial charge in [0.15, 0.2) is 0 Å². The molecular formula is C12H17ClN2O2. The van der Waals surface area contributed by atoms with Gasteiger partial charge in [-0.2, -0.15) is 0 Å². The highest BCUT2D eigenvalue weighted by Gasteiger charge is 2.30. The molecule has 1 atom stereocenters. The number of rotatable bonds is 4. The molecule has 0 saturated heterocycles. The summed E-state index contributed by atoms with van der Waals surface area (Å²) in [5, 5.41) is 3.21. The van der Waals surface area contributed by atoms with Crippen LogP contribution in [0.4, 0.5) is 5.69 Å². The number of ether oxygens (including phenoxy) is 1. The summed E-state index contributed by atoms with van der Waals surface area (Å²) in [6.07, 6.45) is 2.12. The fraction of sp³-hybridized carbons (Fsp3) is 0.500. The molecule has 0 aliphatic rings. The van der Waals surface area contributed by atoms with Gasteiger partial charge in [0.25, 0.3) is 5.91 Å². The second-order valence-corrected chi connectivity index (χ2v) is 4.43. The molecular weight excluding hydrogens is 240 g/mol. The second-order valence-electron chi connectivity index (χ2n) is 4.07. The van der Waals surface area contributed by atoms with Crippen LogP contribution in [0.15, 0.2) is 12.3 Å². The van der Waals surface area contributed by atoms with Crippen LogP contribution in [0.1, 0.15) is 25.8 Å². The number of carbonyl (C=O) groups is 1. The number of aromatic nitrogens is 1. The summed E-state index contributed by atoms with van der Waals surface area (Å²) in [6.45, 7) is 5.48. The molecule has 1 unspecified atom stereocenters. The third-order valence-corrected chi connectivity index (χ3v) is 3.27. The highest BCUT2D eigenvalue weighted by atomic mass is 35.5. The van der Waals surface area contributed by atoms with Gasteiger partial charge in [-0.25, -0.2) is 4.98 Å². The number of nitrogens with zero attached hydrogens (tertiary/aromatic N) is 1. The summed E-state index contributed by atoms with van der Waals surface area (Å²) >= 11 is 5.81. The number of carbonyl (C=O) groups excluding carboxylic acids is 1. The molecule has 0 radical (unpaired) electrons. The van der Waals surface area contributed by atoms with Gasteiger partial charge < -0.3 is 10.1 Å². The first-order valence-electron chi connectivity index (χ1n) is 5.41. The summed E-state index contributed by atoms with van der Waals surface area (Å²) in [5.74, 6) is -0.189. The van der Waals surface area contributed by atoms with Gasteiger partial charge in [0.1, 0.15) is 10.8 Å². The zero-order valence-corrected chi connectivity index (χ0v) is 11.3. The van der Waals surface area contributed by atoms with Crippen molar-refractivity contribution in [2.45, 2.75) is 32.8 Å². The fourth-order valence-electron chi connectivity index (χ4n) is 1.29. The van der Waals surface area contributed by atoms with Crippen molar-refractivity contribution >= 4 is 23.2 Å². The minimum absolute atomic E-state index is 0.189. The van der Waals surface area contributed by atoms with Gasteiger partial charge in [0.2, 0.25) is 0 Å². The standard InChI is InChI=1S/C12H17ClN2O2/c1-5-12(3,17-4)11(16)15-9-6-8(2)10(13)14-7-9/h6-7H,5H2,1-4H3,(H,15,16). The molecule has 0 fully saturated rings. The molecule has 17 heavy (non-hydrogen) atoms. The normalized spacial score (nSPS) is 14.2. The number of hydrogen-bond acceptors (Lipinski definition) is 3. The molecule has 0 bridgehead atoms. The Kier molecular flexibility index (Phi) is 4.48. The van der Waals surface area contributed by atoms with Crippen molar-refractivity contribution in [1.82, 2.24) is 4.98 Å². The Balaban J connectivity index is 2.84. The van der Waals surface area contributed by atoms with Gasteiger partial charge in [-0.05, 0) is 31.9 Å². The van der Waals surface area contributed by atoms with Gasteiger partial charge in [0.05, 0.1) is 11.9 Å². The summed E-state index contributed by atoms with van der Waals surface area (Å²) in [5.41, 5.74) is 0.613. The molecule has 1 aromatic heterocycles. The minimum Gasteiger partial charge on any atom is -0.369 e. The van der Waals surface area contributed by atoms with Crippen molar-refractivity contribution in [3.63, 3.8) is 0 Å². The van der Waals surface area contributed by atoms with E-state index in [0.717, 1.165) is 5.56 Å². The number of pyridine rings is 1. The fourth-order valence-corrected chi connectivity index (χ4v) is 1.39. The van der Waals surface area contributed by atoms with Gasteiger partial charge in [0, 0.05) is 7.11 Å². The van der Waals surface area contributed by atoms with Crippen molar-refractivity contribution in [1.29, 1.82) is 0 Å². The molecule has 5 heteroatoms. The maximum absolute atomic E-state index is 12.0. The van der Waals surface area contributed by atoms with Crippen molar-refractivity contribution < 1.29 is 9.53 Å². The summed E-state index contributed by atoms with van der Waals surface area (Å²) in [4.78, 5) is 16.0. The van der Waals surface area contributed by atoms with Crippen LogP contribution in [0, 0.1) is 6.92 Å². The Morgan fingerprint density at radius 2 is 2.29 bits per heavy atom. The number of anilines is 1.